The fraction of sp³-hybridized carbons (Fsp3) is 0.111. The molecule has 0 spiro atoms. The van der Waals surface area contributed by atoms with Gasteiger partial charge < -0.3 is 9.47 Å². The van der Waals surface area contributed by atoms with Crippen molar-refractivity contribution < 1.29 is 9.47 Å². The van der Waals surface area contributed by atoms with E-state index < -0.39 is 0 Å². The quantitative estimate of drug-likeness (QED) is 0.334. The summed E-state index contributed by atoms with van der Waals surface area (Å²) < 4.78 is 12.2. The van der Waals surface area contributed by atoms with Crippen molar-refractivity contribution in [2.75, 3.05) is 6.79 Å². The number of rotatable bonds is 6. The van der Waals surface area contributed by atoms with Crippen LogP contribution in [0.3, 0.4) is 0 Å². The van der Waals surface area contributed by atoms with E-state index in [1.165, 1.54) is 0 Å². The van der Waals surface area contributed by atoms with Gasteiger partial charge in [0.2, 0.25) is 6.79 Å². The molecule has 0 aliphatic rings. The Morgan fingerprint density at radius 2 is 0.931 bits per heavy atom. The molecule has 0 heterocycles. The van der Waals surface area contributed by atoms with Crippen molar-refractivity contribution >= 4 is 0 Å². The first-order valence-electron chi connectivity index (χ1n) is 9.78. The Bertz CT molecular complexity index is 997. The van der Waals surface area contributed by atoms with Gasteiger partial charge in [0.15, 0.2) is 0 Å². The molecule has 0 bridgehead atoms. The highest BCUT2D eigenvalue weighted by atomic mass is 16.7. The summed E-state index contributed by atoms with van der Waals surface area (Å²) >= 11 is 0. The predicted molar refractivity (Wildman–Crippen MR) is 119 cm³/mol. The third-order valence-electron chi connectivity index (χ3n) is 4.87. The number of aryl methyl sites for hydroxylation is 2. The van der Waals surface area contributed by atoms with Crippen LogP contribution in [0.5, 0.6) is 11.5 Å². The van der Waals surface area contributed by atoms with Crippen LogP contribution in [0.1, 0.15) is 11.1 Å². The van der Waals surface area contributed by atoms with Crippen LogP contribution in [0.15, 0.2) is 97.1 Å². The zero-order chi connectivity index (χ0) is 20.1. The molecule has 4 aromatic carbocycles. The second-order valence-electron chi connectivity index (χ2n) is 7.14. The normalized spacial score (nSPS) is 10.6. The summed E-state index contributed by atoms with van der Waals surface area (Å²) in [6, 6.07) is 33.1. The molecular weight excluding hydrogens is 356 g/mol. The van der Waals surface area contributed by atoms with Gasteiger partial charge in [-0.25, -0.2) is 0 Å². The third kappa shape index (κ3) is 4.49. The molecule has 0 atom stereocenters. The molecule has 2 heteroatoms. The maximum Gasteiger partial charge on any atom is 0.230 e. The molecule has 0 amide bonds. The zero-order valence-corrected chi connectivity index (χ0v) is 16.8. The van der Waals surface area contributed by atoms with E-state index in [1.807, 2.05) is 36.4 Å². The Kier molecular flexibility index (Phi) is 5.62. The van der Waals surface area contributed by atoms with Crippen molar-refractivity contribution in [2.45, 2.75) is 13.8 Å². The fourth-order valence-corrected chi connectivity index (χ4v) is 3.37. The maximum absolute atomic E-state index is 6.08. The summed E-state index contributed by atoms with van der Waals surface area (Å²) in [6.45, 7) is 4.28. The highest BCUT2D eigenvalue weighted by molar-refractivity contribution is 5.72. The lowest BCUT2D eigenvalue weighted by Crippen LogP contribution is -2.07. The number of hydrogen-bond donors (Lipinski definition) is 0. The lowest BCUT2D eigenvalue weighted by molar-refractivity contribution is 0.121. The molecule has 0 saturated carbocycles. The van der Waals surface area contributed by atoms with Crippen molar-refractivity contribution in [3.05, 3.63) is 108 Å². The topological polar surface area (TPSA) is 18.5 Å². The molecule has 144 valence electrons. The highest BCUT2D eigenvalue weighted by Crippen LogP contribution is 2.33. The van der Waals surface area contributed by atoms with Gasteiger partial charge in [0, 0.05) is 11.1 Å². The van der Waals surface area contributed by atoms with E-state index >= 15 is 0 Å². The first-order chi connectivity index (χ1) is 14.2. The number of hydrogen-bond acceptors (Lipinski definition) is 2. The first-order valence-corrected chi connectivity index (χ1v) is 9.78. The number of benzene rings is 4. The smallest absolute Gasteiger partial charge is 0.230 e. The van der Waals surface area contributed by atoms with Crippen molar-refractivity contribution in [3.8, 4) is 33.8 Å². The van der Waals surface area contributed by atoms with Crippen molar-refractivity contribution in [1.82, 2.24) is 0 Å². The summed E-state index contributed by atoms with van der Waals surface area (Å²) in [5.74, 6) is 1.65. The minimum atomic E-state index is 0.145. The van der Waals surface area contributed by atoms with Crippen molar-refractivity contribution in [3.63, 3.8) is 0 Å². The van der Waals surface area contributed by atoms with Crippen LogP contribution >= 0.6 is 0 Å². The molecule has 2 nitrogen and oxygen atoms in total. The Morgan fingerprint density at radius 1 is 0.517 bits per heavy atom. The maximum atomic E-state index is 6.08. The Balaban J connectivity index is 1.56. The largest absolute Gasteiger partial charge is 0.457 e. The average molecular weight is 380 g/mol. The van der Waals surface area contributed by atoms with Crippen LogP contribution < -0.4 is 9.47 Å². The third-order valence-corrected chi connectivity index (χ3v) is 4.87. The predicted octanol–water partition coefficient (Wildman–Crippen LogP) is 7.05. The summed E-state index contributed by atoms with van der Waals surface area (Å²) in [5, 5.41) is 0. The van der Waals surface area contributed by atoms with E-state index in [2.05, 4.69) is 74.5 Å². The summed E-state index contributed by atoms with van der Waals surface area (Å²) in [4.78, 5) is 0. The zero-order valence-electron chi connectivity index (χ0n) is 16.8. The molecule has 0 aliphatic heterocycles. The molecule has 29 heavy (non-hydrogen) atoms. The van der Waals surface area contributed by atoms with Gasteiger partial charge in [0.1, 0.15) is 11.5 Å². The Labute approximate surface area is 172 Å². The molecule has 0 N–H and O–H groups in total. The van der Waals surface area contributed by atoms with Crippen molar-refractivity contribution in [1.29, 1.82) is 0 Å². The standard InChI is InChI=1S/C27H24O2/c1-20-13-15-24(22-9-5-3-6-10-22)26(17-20)28-19-29-27-18-21(2)14-16-25(27)23-11-7-4-8-12-23/h3-18H,19H2,1-2H3. The molecule has 0 aromatic heterocycles. The van der Waals surface area contributed by atoms with E-state index in [9.17, 15) is 0 Å². The monoisotopic (exact) mass is 380 g/mol. The lowest BCUT2D eigenvalue weighted by atomic mass is 10.0. The first kappa shape index (κ1) is 18.8. The highest BCUT2D eigenvalue weighted by Gasteiger charge is 2.10. The summed E-state index contributed by atoms with van der Waals surface area (Å²) in [7, 11) is 0. The van der Waals surface area contributed by atoms with Crippen LogP contribution in [0.4, 0.5) is 0 Å². The Hall–Kier alpha value is -3.52. The van der Waals surface area contributed by atoms with E-state index in [1.54, 1.807) is 0 Å². The molecular formula is C27H24O2. The SMILES string of the molecule is Cc1ccc(-c2ccccc2)c(OCOc2cc(C)ccc2-c2ccccc2)c1. The van der Waals surface area contributed by atoms with Crippen LogP contribution in [0, 0.1) is 13.8 Å². The molecule has 0 saturated heterocycles. The molecule has 4 aromatic rings. The van der Waals surface area contributed by atoms with Crippen LogP contribution in [-0.4, -0.2) is 6.79 Å². The summed E-state index contributed by atoms with van der Waals surface area (Å²) in [5.41, 5.74) is 6.69. The Morgan fingerprint density at radius 3 is 1.34 bits per heavy atom. The number of ether oxygens (including phenoxy) is 2. The van der Waals surface area contributed by atoms with Gasteiger partial charge >= 0.3 is 0 Å². The van der Waals surface area contributed by atoms with Gasteiger partial charge in [-0.15, -0.1) is 0 Å². The van der Waals surface area contributed by atoms with Gasteiger partial charge in [-0.05, 0) is 48.2 Å². The van der Waals surface area contributed by atoms with Gasteiger partial charge in [0.25, 0.3) is 0 Å². The van der Waals surface area contributed by atoms with Gasteiger partial charge in [-0.3, -0.25) is 0 Å². The fourth-order valence-electron chi connectivity index (χ4n) is 3.37. The van der Waals surface area contributed by atoms with Gasteiger partial charge in [-0.1, -0.05) is 84.9 Å². The molecule has 0 aliphatic carbocycles. The second-order valence-corrected chi connectivity index (χ2v) is 7.14. The second kappa shape index (κ2) is 8.66. The molecule has 4 rings (SSSR count). The molecule has 0 unspecified atom stereocenters. The minimum Gasteiger partial charge on any atom is -0.457 e. The van der Waals surface area contributed by atoms with E-state index in [0.717, 1.165) is 44.9 Å². The van der Waals surface area contributed by atoms with Gasteiger partial charge in [-0.2, -0.15) is 0 Å². The van der Waals surface area contributed by atoms with Crippen molar-refractivity contribution in [2.24, 2.45) is 0 Å². The van der Waals surface area contributed by atoms with Crippen LogP contribution in [0.2, 0.25) is 0 Å². The van der Waals surface area contributed by atoms with E-state index in [-0.39, 0.29) is 6.79 Å². The molecule has 0 fully saturated rings. The van der Waals surface area contributed by atoms with Crippen LogP contribution in [0.25, 0.3) is 22.3 Å². The molecule has 0 radical (unpaired) electrons. The minimum absolute atomic E-state index is 0.145. The van der Waals surface area contributed by atoms with E-state index in [0.29, 0.717) is 0 Å². The van der Waals surface area contributed by atoms with Crippen LogP contribution in [-0.2, 0) is 0 Å². The van der Waals surface area contributed by atoms with Gasteiger partial charge in [0.05, 0.1) is 0 Å². The lowest BCUT2D eigenvalue weighted by Gasteiger charge is -2.16. The average Bonchev–Trinajstić information content (AvgIpc) is 2.75. The van der Waals surface area contributed by atoms with E-state index in [4.69, 9.17) is 9.47 Å². The summed E-state index contributed by atoms with van der Waals surface area (Å²) in [6.07, 6.45) is 0.